The van der Waals surface area contributed by atoms with Crippen molar-refractivity contribution in [3.63, 3.8) is 0 Å². The molecular weight excluding hydrogens is 262 g/mol. The van der Waals surface area contributed by atoms with Gasteiger partial charge in [0, 0.05) is 18.3 Å². The Balaban J connectivity index is 2.09. The second-order valence-electron chi connectivity index (χ2n) is 5.00. The summed E-state index contributed by atoms with van der Waals surface area (Å²) < 4.78 is 0. The van der Waals surface area contributed by atoms with E-state index in [0.717, 1.165) is 37.3 Å². The zero-order valence-corrected chi connectivity index (χ0v) is 12.7. The topological polar surface area (TPSA) is 75.9 Å². The molecule has 0 saturated carbocycles. The van der Waals surface area contributed by atoms with Crippen LogP contribution in [0.15, 0.2) is 30.3 Å². The van der Waals surface area contributed by atoms with Crippen molar-refractivity contribution >= 4 is 23.3 Å². The fourth-order valence-electron chi connectivity index (χ4n) is 2.06. The molecule has 0 aliphatic heterocycles. The van der Waals surface area contributed by atoms with E-state index in [1.165, 1.54) is 5.56 Å². The summed E-state index contributed by atoms with van der Waals surface area (Å²) in [4.78, 5) is 8.38. The number of hydrogen-bond acceptors (Lipinski definition) is 5. The minimum Gasteiger partial charge on any atom is -0.370 e. The molecule has 0 bridgehead atoms. The number of aromatic nitrogens is 2. The fourth-order valence-corrected chi connectivity index (χ4v) is 2.06. The van der Waals surface area contributed by atoms with Gasteiger partial charge in [0.05, 0.1) is 0 Å². The van der Waals surface area contributed by atoms with Gasteiger partial charge in [0.25, 0.3) is 0 Å². The maximum absolute atomic E-state index is 5.75. The molecule has 0 radical (unpaired) electrons. The summed E-state index contributed by atoms with van der Waals surface area (Å²) in [5, 5.41) is 6.48. The van der Waals surface area contributed by atoms with Crippen molar-refractivity contribution in [2.45, 2.75) is 33.1 Å². The van der Waals surface area contributed by atoms with Crippen LogP contribution in [0.25, 0.3) is 0 Å². The zero-order valence-electron chi connectivity index (χ0n) is 12.7. The number of aryl methyl sites for hydroxylation is 1. The third-order valence-electron chi connectivity index (χ3n) is 3.06. The molecular formula is C16H23N5. The van der Waals surface area contributed by atoms with Gasteiger partial charge in [-0.1, -0.05) is 32.4 Å². The smallest absolute Gasteiger partial charge is 0.223 e. The number of rotatable bonds is 7. The lowest BCUT2D eigenvalue weighted by molar-refractivity contribution is 0.922. The Morgan fingerprint density at radius 3 is 2.38 bits per heavy atom. The highest BCUT2D eigenvalue weighted by Gasteiger charge is 2.03. The molecule has 1 heterocycles. The van der Waals surface area contributed by atoms with E-state index >= 15 is 0 Å². The Bertz CT molecular complexity index is 565. The summed E-state index contributed by atoms with van der Waals surface area (Å²) in [6.45, 7) is 5.15. The summed E-state index contributed by atoms with van der Waals surface area (Å²) >= 11 is 0. The highest BCUT2D eigenvalue weighted by molar-refractivity contribution is 5.60. The van der Waals surface area contributed by atoms with Crippen molar-refractivity contribution in [2.75, 3.05) is 22.9 Å². The predicted octanol–water partition coefficient (Wildman–Crippen LogP) is 3.58. The minimum absolute atomic E-state index is 0.265. The van der Waals surface area contributed by atoms with Crippen LogP contribution in [0.4, 0.5) is 23.3 Å². The lowest BCUT2D eigenvalue weighted by Gasteiger charge is -2.10. The van der Waals surface area contributed by atoms with Crippen LogP contribution >= 0.6 is 0 Å². The van der Waals surface area contributed by atoms with Gasteiger partial charge in [-0.05, 0) is 30.5 Å². The first-order valence-corrected chi connectivity index (χ1v) is 7.45. The van der Waals surface area contributed by atoms with Crippen LogP contribution in [0.1, 0.15) is 32.3 Å². The van der Waals surface area contributed by atoms with E-state index in [9.17, 15) is 0 Å². The van der Waals surface area contributed by atoms with Crippen LogP contribution in [0.5, 0.6) is 0 Å². The first kappa shape index (κ1) is 15.1. The molecule has 5 heteroatoms. The number of anilines is 4. The van der Waals surface area contributed by atoms with Gasteiger partial charge >= 0.3 is 0 Å². The Morgan fingerprint density at radius 2 is 1.71 bits per heavy atom. The van der Waals surface area contributed by atoms with Crippen molar-refractivity contribution in [1.82, 2.24) is 9.97 Å². The number of benzene rings is 1. The molecule has 0 aliphatic carbocycles. The molecule has 112 valence electrons. The zero-order chi connectivity index (χ0) is 15.1. The highest BCUT2D eigenvalue weighted by Crippen LogP contribution is 2.19. The van der Waals surface area contributed by atoms with Gasteiger partial charge in [-0.15, -0.1) is 0 Å². The number of hydrogen-bond donors (Lipinski definition) is 3. The van der Waals surface area contributed by atoms with Gasteiger partial charge in [0.2, 0.25) is 5.95 Å². The third-order valence-corrected chi connectivity index (χ3v) is 3.06. The molecule has 1 aromatic carbocycles. The lowest BCUT2D eigenvalue weighted by atomic mass is 10.1. The van der Waals surface area contributed by atoms with Gasteiger partial charge in [0.1, 0.15) is 11.6 Å². The van der Waals surface area contributed by atoms with Crippen molar-refractivity contribution in [1.29, 1.82) is 0 Å². The quantitative estimate of drug-likeness (QED) is 0.725. The fraction of sp³-hybridized carbons (Fsp3) is 0.375. The summed E-state index contributed by atoms with van der Waals surface area (Å²) in [5.41, 5.74) is 8.08. The molecule has 0 aliphatic rings. The Kier molecular flexibility index (Phi) is 5.37. The Morgan fingerprint density at radius 1 is 1.00 bits per heavy atom. The van der Waals surface area contributed by atoms with Gasteiger partial charge in [-0.3, -0.25) is 0 Å². The summed E-state index contributed by atoms with van der Waals surface area (Å²) in [6.07, 6.45) is 3.29. The molecule has 0 saturated heterocycles. The minimum atomic E-state index is 0.265. The third kappa shape index (κ3) is 4.63. The molecule has 0 fully saturated rings. The van der Waals surface area contributed by atoms with E-state index < -0.39 is 0 Å². The molecule has 0 spiro atoms. The van der Waals surface area contributed by atoms with Gasteiger partial charge < -0.3 is 16.4 Å². The van der Waals surface area contributed by atoms with E-state index in [1.54, 1.807) is 0 Å². The maximum Gasteiger partial charge on any atom is 0.223 e. The van der Waals surface area contributed by atoms with Crippen molar-refractivity contribution < 1.29 is 0 Å². The van der Waals surface area contributed by atoms with Gasteiger partial charge in [0.15, 0.2) is 0 Å². The molecule has 1 aromatic heterocycles. The number of nitrogens with two attached hydrogens (primary N) is 1. The van der Waals surface area contributed by atoms with E-state index in [-0.39, 0.29) is 5.95 Å². The van der Waals surface area contributed by atoms with Crippen LogP contribution in [0, 0.1) is 0 Å². The monoisotopic (exact) mass is 285 g/mol. The first-order valence-electron chi connectivity index (χ1n) is 7.45. The normalized spacial score (nSPS) is 10.4. The lowest BCUT2D eigenvalue weighted by Crippen LogP contribution is -2.06. The van der Waals surface area contributed by atoms with Gasteiger partial charge in [-0.2, -0.15) is 9.97 Å². The Labute approximate surface area is 126 Å². The van der Waals surface area contributed by atoms with Gasteiger partial charge in [-0.25, -0.2) is 0 Å². The maximum atomic E-state index is 5.75. The SMILES string of the molecule is CCCNc1cc(Nc2ccc(CCC)cc2)nc(N)n1. The van der Waals surface area contributed by atoms with E-state index in [4.69, 9.17) is 5.73 Å². The largest absolute Gasteiger partial charge is 0.370 e. The Hall–Kier alpha value is -2.30. The van der Waals surface area contributed by atoms with Crippen LogP contribution < -0.4 is 16.4 Å². The second kappa shape index (κ2) is 7.47. The average Bonchev–Trinajstić information content (AvgIpc) is 2.47. The molecule has 0 amide bonds. The summed E-state index contributed by atoms with van der Waals surface area (Å²) in [7, 11) is 0. The molecule has 2 rings (SSSR count). The molecule has 2 aromatic rings. The van der Waals surface area contributed by atoms with E-state index in [2.05, 4.69) is 58.7 Å². The van der Waals surface area contributed by atoms with Crippen LogP contribution in [0.2, 0.25) is 0 Å². The average molecular weight is 285 g/mol. The molecule has 0 unspecified atom stereocenters. The van der Waals surface area contributed by atoms with Crippen molar-refractivity contribution in [2.24, 2.45) is 0 Å². The van der Waals surface area contributed by atoms with Crippen LogP contribution in [-0.4, -0.2) is 16.5 Å². The first-order chi connectivity index (χ1) is 10.2. The van der Waals surface area contributed by atoms with E-state index in [1.807, 2.05) is 6.07 Å². The van der Waals surface area contributed by atoms with Crippen molar-refractivity contribution in [3.05, 3.63) is 35.9 Å². The van der Waals surface area contributed by atoms with Crippen LogP contribution in [-0.2, 0) is 6.42 Å². The molecule has 5 nitrogen and oxygen atoms in total. The number of nitrogens with one attached hydrogen (secondary N) is 2. The van der Waals surface area contributed by atoms with Crippen molar-refractivity contribution in [3.8, 4) is 0 Å². The predicted molar refractivity (Wildman–Crippen MR) is 88.9 cm³/mol. The molecule has 0 atom stereocenters. The number of nitrogens with zero attached hydrogens (tertiary/aromatic N) is 2. The second-order valence-corrected chi connectivity index (χ2v) is 5.00. The van der Waals surface area contributed by atoms with E-state index in [0.29, 0.717) is 5.82 Å². The summed E-state index contributed by atoms with van der Waals surface area (Å²) in [6, 6.07) is 10.2. The standard InChI is InChI=1S/C16H23N5/c1-3-5-12-6-8-13(9-7-12)19-15-11-14(18-10-4-2)20-16(17)21-15/h6-9,11H,3-5,10H2,1-2H3,(H4,17,18,19,20,21). The van der Waals surface area contributed by atoms with Crippen LogP contribution in [0.3, 0.4) is 0 Å². The highest BCUT2D eigenvalue weighted by atomic mass is 15.1. The molecule has 21 heavy (non-hydrogen) atoms. The number of nitrogen functional groups attached to an aromatic ring is 1. The summed E-state index contributed by atoms with van der Waals surface area (Å²) in [5.74, 6) is 1.71. The molecule has 4 N–H and O–H groups in total.